The van der Waals surface area contributed by atoms with Crippen molar-refractivity contribution in [1.29, 1.82) is 0 Å². The Morgan fingerprint density at radius 3 is 2.77 bits per heavy atom. The molecule has 0 aromatic heterocycles. The average molecular weight is 183 g/mol. The van der Waals surface area contributed by atoms with Gasteiger partial charge in [-0.2, -0.15) is 0 Å². The molecule has 3 rings (SSSR count). The van der Waals surface area contributed by atoms with Gasteiger partial charge in [0.2, 0.25) is 0 Å². The zero-order chi connectivity index (χ0) is 8.67. The van der Waals surface area contributed by atoms with Crippen LogP contribution in [0.2, 0.25) is 0 Å². The molecular formula is C9H15N2O2+. The Labute approximate surface area is 77.7 Å². The summed E-state index contributed by atoms with van der Waals surface area (Å²) in [6.07, 6.45) is 5.43. The molecule has 2 saturated heterocycles. The maximum atomic E-state index is 5.20. The molecule has 3 unspecified atom stereocenters. The van der Waals surface area contributed by atoms with Gasteiger partial charge in [-0.25, -0.2) is 0 Å². The van der Waals surface area contributed by atoms with Crippen molar-refractivity contribution in [3.8, 4) is 0 Å². The van der Waals surface area contributed by atoms with Crippen molar-refractivity contribution < 1.29 is 14.4 Å². The second kappa shape index (κ2) is 2.97. The molecule has 3 atom stereocenters. The van der Waals surface area contributed by atoms with Crippen LogP contribution in [0.3, 0.4) is 0 Å². The lowest BCUT2D eigenvalue weighted by molar-refractivity contribution is -0.849. The number of epoxide rings is 2. The van der Waals surface area contributed by atoms with Crippen LogP contribution in [-0.4, -0.2) is 50.1 Å². The monoisotopic (exact) mass is 183 g/mol. The number of rotatable bonds is 4. The third-order valence-electron chi connectivity index (χ3n) is 2.66. The number of nitrogens with zero attached hydrogens (tertiary/aromatic N) is 1. The van der Waals surface area contributed by atoms with Crippen LogP contribution in [0.5, 0.6) is 0 Å². The minimum atomic E-state index is 0.501. The molecule has 1 N–H and O–H groups in total. The van der Waals surface area contributed by atoms with Crippen molar-refractivity contribution in [2.24, 2.45) is 0 Å². The van der Waals surface area contributed by atoms with Crippen molar-refractivity contribution in [2.45, 2.75) is 12.2 Å². The van der Waals surface area contributed by atoms with Gasteiger partial charge in [-0.1, -0.05) is 0 Å². The van der Waals surface area contributed by atoms with Crippen molar-refractivity contribution in [1.82, 2.24) is 4.90 Å². The first kappa shape index (κ1) is 7.79. The summed E-state index contributed by atoms with van der Waals surface area (Å²) in [6, 6.07) is 0. The standard InChI is InChI=1S/C9H14N2O2/c1-2-11(4-9-6-13-9)7-10(1)3-8-5-12-8/h1-2,8-9H,3-7H2/p+1. The normalized spacial score (nSPS) is 41.2. The Kier molecular flexibility index (Phi) is 1.78. The summed E-state index contributed by atoms with van der Waals surface area (Å²) in [4.78, 5) is 3.83. The van der Waals surface area contributed by atoms with E-state index in [0.29, 0.717) is 12.2 Å². The molecule has 0 aromatic rings. The van der Waals surface area contributed by atoms with E-state index >= 15 is 0 Å². The van der Waals surface area contributed by atoms with E-state index in [1.807, 2.05) is 0 Å². The Hall–Kier alpha value is -0.580. The maximum Gasteiger partial charge on any atom is 0.157 e. The van der Waals surface area contributed by atoms with Crippen LogP contribution in [0, 0.1) is 0 Å². The van der Waals surface area contributed by atoms with Gasteiger partial charge in [-0.05, 0) is 0 Å². The molecule has 2 fully saturated rings. The predicted octanol–water partition coefficient (Wildman–Crippen LogP) is -1.59. The summed E-state index contributed by atoms with van der Waals surface area (Å²) < 4.78 is 10.4. The van der Waals surface area contributed by atoms with Crippen LogP contribution >= 0.6 is 0 Å². The van der Waals surface area contributed by atoms with Crippen LogP contribution in [0.4, 0.5) is 0 Å². The highest BCUT2D eigenvalue weighted by Gasteiger charge is 2.32. The van der Waals surface area contributed by atoms with E-state index in [1.54, 1.807) is 0 Å². The van der Waals surface area contributed by atoms with Gasteiger partial charge in [0.1, 0.15) is 18.8 Å². The van der Waals surface area contributed by atoms with E-state index in [4.69, 9.17) is 9.47 Å². The van der Waals surface area contributed by atoms with Crippen LogP contribution in [0.15, 0.2) is 12.4 Å². The summed E-state index contributed by atoms with van der Waals surface area (Å²) in [5.74, 6) is 0. The van der Waals surface area contributed by atoms with Gasteiger partial charge in [-0.15, -0.1) is 0 Å². The highest BCUT2D eigenvalue weighted by molar-refractivity contribution is 4.84. The predicted molar refractivity (Wildman–Crippen MR) is 46.0 cm³/mol. The van der Waals surface area contributed by atoms with Crippen molar-refractivity contribution in [3.05, 3.63) is 12.4 Å². The van der Waals surface area contributed by atoms with Crippen LogP contribution in [0.25, 0.3) is 0 Å². The van der Waals surface area contributed by atoms with Crippen LogP contribution < -0.4 is 4.90 Å². The summed E-state index contributed by atoms with van der Waals surface area (Å²) in [6.45, 7) is 5.18. The maximum absolute atomic E-state index is 5.20. The van der Waals surface area contributed by atoms with E-state index in [9.17, 15) is 0 Å². The summed E-state index contributed by atoms with van der Waals surface area (Å²) >= 11 is 0. The van der Waals surface area contributed by atoms with E-state index in [1.165, 1.54) is 4.90 Å². The molecule has 4 nitrogen and oxygen atoms in total. The number of hydrogen-bond donors (Lipinski definition) is 1. The first-order valence-corrected chi connectivity index (χ1v) is 4.90. The first-order chi connectivity index (χ1) is 6.40. The molecule has 0 amide bonds. The fourth-order valence-corrected chi connectivity index (χ4v) is 1.75. The molecule has 0 aromatic carbocycles. The van der Waals surface area contributed by atoms with Gasteiger partial charge >= 0.3 is 0 Å². The van der Waals surface area contributed by atoms with Gasteiger partial charge < -0.3 is 14.4 Å². The minimum absolute atomic E-state index is 0.501. The largest absolute Gasteiger partial charge is 0.371 e. The topological polar surface area (TPSA) is 32.7 Å². The van der Waals surface area contributed by atoms with Gasteiger partial charge in [0, 0.05) is 0 Å². The Morgan fingerprint density at radius 2 is 2.08 bits per heavy atom. The molecule has 0 saturated carbocycles. The average Bonchev–Trinajstić information content (AvgIpc) is 2.96. The molecule has 0 radical (unpaired) electrons. The zero-order valence-electron chi connectivity index (χ0n) is 7.61. The second-order valence-corrected chi connectivity index (χ2v) is 4.02. The molecule has 0 spiro atoms. The SMILES string of the molecule is C1=C[NH+](CC2CO2)CN1CC1CO1. The second-order valence-electron chi connectivity index (χ2n) is 4.02. The molecule has 72 valence electrons. The number of ether oxygens (including phenoxy) is 2. The lowest BCUT2D eigenvalue weighted by Crippen LogP contribution is -3.08. The molecule has 3 aliphatic heterocycles. The molecule has 0 aliphatic carbocycles. The molecule has 3 aliphatic rings. The Bertz CT molecular complexity index is 202. The minimum Gasteiger partial charge on any atom is -0.371 e. The highest BCUT2D eigenvalue weighted by Crippen LogP contribution is 2.11. The fraction of sp³-hybridized carbons (Fsp3) is 0.778. The zero-order valence-corrected chi connectivity index (χ0v) is 7.61. The van der Waals surface area contributed by atoms with E-state index in [0.717, 1.165) is 33.0 Å². The third-order valence-corrected chi connectivity index (χ3v) is 2.66. The van der Waals surface area contributed by atoms with E-state index in [2.05, 4.69) is 17.3 Å². The van der Waals surface area contributed by atoms with Crippen LogP contribution in [-0.2, 0) is 9.47 Å². The van der Waals surface area contributed by atoms with Gasteiger partial charge in [-0.3, -0.25) is 4.90 Å². The summed E-state index contributed by atoms with van der Waals surface area (Å²) in [5.41, 5.74) is 0. The van der Waals surface area contributed by atoms with Gasteiger partial charge in [0.15, 0.2) is 6.67 Å². The molecule has 4 heteroatoms. The lowest BCUT2D eigenvalue weighted by atomic mass is 10.4. The van der Waals surface area contributed by atoms with Gasteiger partial charge in [0.05, 0.1) is 32.1 Å². The van der Waals surface area contributed by atoms with Crippen molar-refractivity contribution >= 4 is 0 Å². The highest BCUT2D eigenvalue weighted by atomic mass is 16.6. The number of quaternary nitrogens is 1. The quantitative estimate of drug-likeness (QED) is 0.534. The van der Waals surface area contributed by atoms with Gasteiger partial charge in [0.25, 0.3) is 0 Å². The molecule has 0 bridgehead atoms. The molecule has 3 heterocycles. The molecule has 13 heavy (non-hydrogen) atoms. The number of hydrogen-bond acceptors (Lipinski definition) is 3. The first-order valence-electron chi connectivity index (χ1n) is 4.90. The van der Waals surface area contributed by atoms with Crippen molar-refractivity contribution in [2.75, 3.05) is 33.0 Å². The van der Waals surface area contributed by atoms with E-state index in [-0.39, 0.29) is 0 Å². The number of nitrogens with one attached hydrogen (secondary N) is 1. The Balaban J connectivity index is 1.44. The lowest BCUT2D eigenvalue weighted by Gasteiger charge is -2.14. The molecular weight excluding hydrogens is 168 g/mol. The Morgan fingerprint density at radius 1 is 1.31 bits per heavy atom. The fourth-order valence-electron chi connectivity index (χ4n) is 1.75. The summed E-state index contributed by atoms with van der Waals surface area (Å²) in [7, 11) is 0. The van der Waals surface area contributed by atoms with Crippen molar-refractivity contribution in [3.63, 3.8) is 0 Å². The summed E-state index contributed by atoms with van der Waals surface area (Å²) in [5, 5.41) is 0. The van der Waals surface area contributed by atoms with E-state index < -0.39 is 0 Å². The smallest absolute Gasteiger partial charge is 0.157 e. The van der Waals surface area contributed by atoms with Crippen LogP contribution in [0.1, 0.15) is 0 Å². The third kappa shape index (κ3) is 2.02.